The van der Waals surface area contributed by atoms with Crippen LogP contribution in [-0.2, 0) is 13.2 Å². The number of carbonyl (C=O) groups excluding carboxylic acids is 1. The number of benzene rings is 2. The third-order valence-corrected chi connectivity index (χ3v) is 5.61. The minimum atomic E-state index is -0.580. The van der Waals surface area contributed by atoms with Crippen molar-refractivity contribution in [1.82, 2.24) is 10.6 Å². The highest BCUT2D eigenvalue weighted by molar-refractivity contribution is 5.94. The molecular formula is C23H28F2N2O2. The van der Waals surface area contributed by atoms with Crippen molar-refractivity contribution in [3.63, 3.8) is 0 Å². The number of phenols is 1. The molecule has 1 amide bonds. The SMILES string of the molecule is Cc1cc(CF)cc(C(=O)NC[C@H]2CC[C@H](NCc3c(O)cccc3F)CC2)c1. The van der Waals surface area contributed by atoms with Gasteiger partial charge >= 0.3 is 0 Å². The Morgan fingerprint density at radius 1 is 1.17 bits per heavy atom. The van der Waals surface area contributed by atoms with E-state index in [1.807, 2.05) is 6.92 Å². The second-order valence-corrected chi connectivity index (χ2v) is 7.89. The average Bonchev–Trinajstić information content (AvgIpc) is 2.72. The molecule has 0 unspecified atom stereocenters. The number of nitrogens with one attached hydrogen (secondary N) is 2. The highest BCUT2D eigenvalue weighted by Crippen LogP contribution is 2.25. The topological polar surface area (TPSA) is 61.4 Å². The molecule has 0 radical (unpaired) electrons. The number of hydrogen-bond donors (Lipinski definition) is 3. The standard InChI is InChI=1S/C23H28F2N2O2/c1-15-9-17(12-24)11-18(10-15)23(29)27-13-16-5-7-19(8-6-16)26-14-20-21(25)3-2-4-22(20)28/h2-4,9-11,16,19,26,28H,5-8,12-14H2,1H3,(H,27,29)/t16-,19-. The smallest absolute Gasteiger partial charge is 0.251 e. The van der Waals surface area contributed by atoms with Crippen molar-refractivity contribution in [2.45, 2.75) is 51.9 Å². The Bertz CT molecular complexity index is 829. The van der Waals surface area contributed by atoms with Gasteiger partial charge in [-0.2, -0.15) is 0 Å². The van der Waals surface area contributed by atoms with Crippen LogP contribution in [0.5, 0.6) is 5.75 Å². The summed E-state index contributed by atoms with van der Waals surface area (Å²) < 4.78 is 26.7. The molecule has 4 nitrogen and oxygen atoms in total. The number of aromatic hydroxyl groups is 1. The van der Waals surface area contributed by atoms with Crippen LogP contribution in [0.25, 0.3) is 0 Å². The lowest BCUT2D eigenvalue weighted by molar-refractivity contribution is 0.0942. The summed E-state index contributed by atoms with van der Waals surface area (Å²) in [5, 5.41) is 16.1. The van der Waals surface area contributed by atoms with Gasteiger partial charge in [0, 0.05) is 30.3 Å². The van der Waals surface area contributed by atoms with Crippen LogP contribution in [0.3, 0.4) is 0 Å². The van der Waals surface area contributed by atoms with Crippen LogP contribution in [0, 0.1) is 18.7 Å². The zero-order valence-electron chi connectivity index (χ0n) is 16.7. The lowest BCUT2D eigenvalue weighted by Crippen LogP contribution is -2.36. The van der Waals surface area contributed by atoms with E-state index in [1.165, 1.54) is 18.2 Å². The van der Waals surface area contributed by atoms with Crippen LogP contribution < -0.4 is 10.6 Å². The van der Waals surface area contributed by atoms with Gasteiger partial charge in [0.1, 0.15) is 18.2 Å². The molecular weight excluding hydrogens is 374 g/mol. The molecule has 2 aromatic carbocycles. The number of hydrogen-bond acceptors (Lipinski definition) is 3. The van der Waals surface area contributed by atoms with E-state index in [9.17, 15) is 18.7 Å². The molecule has 0 spiro atoms. The van der Waals surface area contributed by atoms with Crippen LogP contribution in [-0.4, -0.2) is 23.6 Å². The minimum Gasteiger partial charge on any atom is -0.508 e. The van der Waals surface area contributed by atoms with Crippen molar-refractivity contribution >= 4 is 5.91 Å². The number of aryl methyl sites for hydroxylation is 1. The molecule has 1 saturated carbocycles. The molecule has 0 bridgehead atoms. The van der Waals surface area contributed by atoms with E-state index in [2.05, 4.69) is 10.6 Å². The fourth-order valence-corrected chi connectivity index (χ4v) is 3.95. The van der Waals surface area contributed by atoms with Crippen molar-refractivity contribution < 1.29 is 18.7 Å². The molecule has 6 heteroatoms. The predicted molar refractivity (Wildman–Crippen MR) is 109 cm³/mol. The summed E-state index contributed by atoms with van der Waals surface area (Å²) in [6, 6.07) is 9.71. The first-order valence-electron chi connectivity index (χ1n) is 10.1. The largest absolute Gasteiger partial charge is 0.508 e. The highest BCUT2D eigenvalue weighted by atomic mass is 19.1. The third-order valence-electron chi connectivity index (χ3n) is 5.61. The molecule has 156 valence electrons. The summed E-state index contributed by atoms with van der Waals surface area (Å²) in [5.41, 5.74) is 2.19. The monoisotopic (exact) mass is 402 g/mol. The molecule has 1 aliphatic rings. The summed E-state index contributed by atoms with van der Waals surface area (Å²) in [6.07, 6.45) is 3.80. The van der Waals surface area contributed by atoms with Gasteiger partial charge < -0.3 is 15.7 Å². The maximum atomic E-state index is 13.8. The van der Waals surface area contributed by atoms with E-state index >= 15 is 0 Å². The summed E-state index contributed by atoms with van der Waals surface area (Å²) >= 11 is 0. The van der Waals surface area contributed by atoms with Crippen LogP contribution >= 0.6 is 0 Å². The Hall–Kier alpha value is -2.47. The number of alkyl halides is 1. The lowest BCUT2D eigenvalue weighted by atomic mass is 9.86. The van der Waals surface area contributed by atoms with Gasteiger partial charge in [-0.05, 0) is 73.9 Å². The summed E-state index contributed by atoms with van der Waals surface area (Å²) in [5.74, 6) is -0.204. The first-order chi connectivity index (χ1) is 14.0. The number of halogens is 2. The molecule has 2 aromatic rings. The maximum absolute atomic E-state index is 13.8. The Morgan fingerprint density at radius 3 is 2.62 bits per heavy atom. The van der Waals surface area contributed by atoms with Crippen molar-refractivity contribution in [2.24, 2.45) is 5.92 Å². The first-order valence-corrected chi connectivity index (χ1v) is 10.1. The van der Waals surface area contributed by atoms with E-state index in [0.29, 0.717) is 35.7 Å². The minimum absolute atomic E-state index is 0.0269. The molecule has 3 N–H and O–H groups in total. The van der Waals surface area contributed by atoms with Crippen molar-refractivity contribution in [2.75, 3.05) is 6.54 Å². The van der Waals surface area contributed by atoms with Crippen molar-refractivity contribution in [3.8, 4) is 5.75 Å². The highest BCUT2D eigenvalue weighted by Gasteiger charge is 2.22. The zero-order chi connectivity index (χ0) is 20.8. The molecule has 1 fully saturated rings. The number of rotatable bonds is 7. The number of amides is 1. The third kappa shape index (κ3) is 5.76. The van der Waals surface area contributed by atoms with Gasteiger partial charge in [0.15, 0.2) is 0 Å². The first kappa shape index (κ1) is 21.2. The van der Waals surface area contributed by atoms with Crippen LogP contribution in [0.1, 0.15) is 52.7 Å². The zero-order valence-corrected chi connectivity index (χ0v) is 16.7. The van der Waals surface area contributed by atoms with E-state index in [0.717, 1.165) is 31.2 Å². The fraction of sp³-hybridized carbons (Fsp3) is 0.435. The molecule has 0 atom stereocenters. The maximum Gasteiger partial charge on any atom is 0.251 e. The van der Waals surface area contributed by atoms with Crippen molar-refractivity contribution in [1.29, 1.82) is 0 Å². The van der Waals surface area contributed by atoms with Gasteiger partial charge in [-0.15, -0.1) is 0 Å². The molecule has 0 aromatic heterocycles. The van der Waals surface area contributed by atoms with Gasteiger partial charge in [-0.1, -0.05) is 12.1 Å². The van der Waals surface area contributed by atoms with Crippen LogP contribution in [0.4, 0.5) is 8.78 Å². The van der Waals surface area contributed by atoms with E-state index in [1.54, 1.807) is 18.2 Å². The van der Waals surface area contributed by atoms with Gasteiger partial charge in [-0.25, -0.2) is 8.78 Å². The van der Waals surface area contributed by atoms with Gasteiger partial charge in [-0.3, -0.25) is 4.79 Å². The summed E-state index contributed by atoms with van der Waals surface area (Å²) in [7, 11) is 0. The predicted octanol–water partition coefficient (Wildman–Crippen LogP) is 4.39. The van der Waals surface area contributed by atoms with Gasteiger partial charge in [0.2, 0.25) is 0 Å². The van der Waals surface area contributed by atoms with E-state index in [4.69, 9.17) is 0 Å². The molecule has 0 heterocycles. The van der Waals surface area contributed by atoms with Crippen molar-refractivity contribution in [3.05, 3.63) is 64.5 Å². The average molecular weight is 402 g/mol. The second-order valence-electron chi connectivity index (χ2n) is 7.89. The molecule has 3 rings (SSSR count). The van der Waals surface area contributed by atoms with Crippen LogP contribution in [0.2, 0.25) is 0 Å². The van der Waals surface area contributed by atoms with Crippen LogP contribution in [0.15, 0.2) is 36.4 Å². The molecule has 0 saturated heterocycles. The fourth-order valence-electron chi connectivity index (χ4n) is 3.95. The van der Waals surface area contributed by atoms with E-state index < -0.39 is 12.5 Å². The Balaban J connectivity index is 1.43. The number of carbonyl (C=O) groups is 1. The number of phenolic OH excluding ortho intramolecular Hbond substituents is 1. The summed E-state index contributed by atoms with van der Waals surface area (Å²) in [4.78, 5) is 12.4. The Labute approximate surface area is 170 Å². The Morgan fingerprint density at radius 2 is 1.93 bits per heavy atom. The Kier molecular flexibility index (Phi) is 7.20. The van der Waals surface area contributed by atoms with Gasteiger partial charge in [0.05, 0.1) is 0 Å². The second kappa shape index (κ2) is 9.83. The summed E-state index contributed by atoms with van der Waals surface area (Å²) in [6.45, 7) is 2.17. The van der Waals surface area contributed by atoms with Gasteiger partial charge in [0.25, 0.3) is 5.91 Å². The van der Waals surface area contributed by atoms with E-state index in [-0.39, 0.29) is 17.7 Å². The quantitative estimate of drug-likeness (QED) is 0.644. The lowest BCUT2D eigenvalue weighted by Gasteiger charge is -2.29. The normalized spacial score (nSPS) is 19.1. The molecule has 0 aliphatic heterocycles. The molecule has 29 heavy (non-hydrogen) atoms. The molecule has 1 aliphatic carbocycles.